The van der Waals surface area contributed by atoms with E-state index in [0.717, 1.165) is 30.6 Å². The Morgan fingerprint density at radius 3 is 2.75 bits per heavy atom. The van der Waals surface area contributed by atoms with Crippen LogP contribution < -0.4 is 5.32 Å². The molecule has 0 unspecified atom stereocenters. The first-order valence-corrected chi connectivity index (χ1v) is 8.27. The van der Waals surface area contributed by atoms with Crippen molar-refractivity contribution < 1.29 is 9.50 Å². The molecule has 2 atom stereocenters. The third-order valence-electron chi connectivity index (χ3n) is 4.53. The van der Waals surface area contributed by atoms with Crippen LogP contribution in [0.5, 0.6) is 0 Å². The summed E-state index contributed by atoms with van der Waals surface area (Å²) in [7, 11) is 1.79. The van der Waals surface area contributed by atoms with Gasteiger partial charge in [-0.3, -0.25) is 4.90 Å². The van der Waals surface area contributed by atoms with Crippen LogP contribution in [-0.2, 0) is 13.0 Å². The average Bonchev–Trinajstić information content (AvgIpc) is 2.58. The molecule has 1 aliphatic rings. The number of halogens is 1. The monoisotopic (exact) mass is 330 g/mol. The van der Waals surface area contributed by atoms with E-state index < -0.39 is 6.10 Å². The molecule has 1 aromatic carbocycles. The van der Waals surface area contributed by atoms with Gasteiger partial charge < -0.3 is 10.4 Å². The van der Waals surface area contributed by atoms with E-state index >= 15 is 0 Å². The topological polar surface area (TPSA) is 61.3 Å². The van der Waals surface area contributed by atoms with E-state index in [9.17, 15) is 9.50 Å². The van der Waals surface area contributed by atoms with Crippen molar-refractivity contribution in [2.45, 2.75) is 25.5 Å². The average molecular weight is 330 g/mol. The standard InChI is InChI=1S/C18H23FN4O/c1-20-18-21-9-14(10-22-18)11-23-6-5-15(17(24)12-23)7-13-3-2-4-16(19)8-13/h2-4,8-10,15,17,24H,5-7,11-12H2,1H3,(H,20,21,22)/t15-,17-/m1/s1. The van der Waals surface area contributed by atoms with E-state index in [1.165, 1.54) is 6.07 Å². The van der Waals surface area contributed by atoms with Gasteiger partial charge in [0.15, 0.2) is 0 Å². The van der Waals surface area contributed by atoms with Gasteiger partial charge in [-0.2, -0.15) is 0 Å². The minimum atomic E-state index is -0.403. The van der Waals surface area contributed by atoms with Crippen LogP contribution >= 0.6 is 0 Å². The summed E-state index contributed by atoms with van der Waals surface area (Å²) in [6.45, 7) is 2.26. The zero-order valence-electron chi connectivity index (χ0n) is 13.8. The zero-order valence-corrected chi connectivity index (χ0v) is 13.8. The highest BCUT2D eigenvalue weighted by Crippen LogP contribution is 2.23. The van der Waals surface area contributed by atoms with Crippen LogP contribution in [0.25, 0.3) is 0 Å². The van der Waals surface area contributed by atoms with Gasteiger partial charge in [0.2, 0.25) is 5.95 Å². The number of anilines is 1. The van der Waals surface area contributed by atoms with E-state index in [2.05, 4.69) is 20.2 Å². The van der Waals surface area contributed by atoms with Crippen molar-refractivity contribution in [3.63, 3.8) is 0 Å². The number of piperidine rings is 1. The molecule has 0 saturated carbocycles. The van der Waals surface area contributed by atoms with E-state index in [-0.39, 0.29) is 11.7 Å². The Labute approximate surface area is 141 Å². The molecular formula is C18H23FN4O. The maximum absolute atomic E-state index is 13.3. The summed E-state index contributed by atoms with van der Waals surface area (Å²) in [6, 6.07) is 6.65. The molecule has 128 valence electrons. The number of nitrogens with zero attached hydrogens (tertiary/aromatic N) is 3. The molecule has 0 aliphatic carbocycles. The number of nitrogens with one attached hydrogen (secondary N) is 1. The van der Waals surface area contributed by atoms with Gasteiger partial charge in [0.1, 0.15) is 5.82 Å². The number of aliphatic hydroxyl groups excluding tert-OH is 1. The zero-order chi connectivity index (χ0) is 16.9. The summed E-state index contributed by atoms with van der Waals surface area (Å²) >= 11 is 0. The van der Waals surface area contributed by atoms with Gasteiger partial charge in [-0.1, -0.05) is 12.1 Å². The van der Waals surface area contributed by atoms with Crippen LogP contribution in [-0.4, -0.2) is 46.2 Å². The van der Waals surface area contributed by atoms with Gasteiger partial charge in [-0.25, -0.2) is 14.4 Å². The Hall–Kier alpha value is -2.05. The molecule has 2 N–H and O–H groups in total. The number of rotatable bonds is 5. The highest BCUT2D eigenvalue weighted by Gasteiger charge is 2.27. The van der Waals surface area contributed by atoms with Gasteiger partial charge >= 0.3 is 0 Å². The molecule has 1 aromatic heterocycles. The normalized spacial score (nSPS) is 21.6. The lowest BCUT2D eigenvalue weighted by molar-refractivity contribution is 0.0186. The first kappa shape index (κ1) is 16.8. The lowest BCUT2D eigenvalue weighted by atomic mass is 9.87. The lowest BCUT2D eigenvalue weighted by Crippen LogP contribution is -2.44. The van der Waals surface area contributed by atoms with Crippen LogP contribution in [0.2, 0.25) is 0 Å². The van der Waals surface area contributed by atoms with Crippen molar-refractivity contribution in [2.75, 3.05) is 25.5 Å². The molecule has 3 rings (SSSR count). The highest BCUT2D eigenvalue weighted by atomic mass is 19.1. The number of hydrogen-bond acceptors (Lipinski definition) is 5. The lowest BCUT2D eigenvalue weighted by Gasteiger charge is -2.36. The summed E-state index contributed by atoms with van der Waals surface area (Å²) in [4.78, 5) is 10.6. The van der Waals surface area contributed by atoms with Crippen molar-refractivity contribution in [1.29, 1.82) is 0 Å². The number of benzene rings is 1. The van der Waals surface area contributed by atoms with E-state index in [1.807, 2.05) is 18.5 Å². The number of β-amino-alcohol motifs (C(OH)–C–C–N with tert-alkyl or cyclic N) is 1. The van der Waals surface area contributed by atoms with E-state index in [1.54, 1.807) is 19.2 Å². The number of hydrogen-bond donors (Lipinski definition) is 2. The van der Waals surface area contributed by atoms with Crippen LogP contribution in [0, 0.1) is 11.7 Å². The Balaban J connectivity index is 1.54. The predicted molar refractivity (Wildman–Crippen MR) is 91.1 cm³/mol. The molecular weight excluding hydrogens is 307 g/mol. The second-order valence-corrected chi connectivity index (χ2v) is 6.35. The molecule has 0 spiro atoms. The summed E-state index contributed by atoms with van der Waals surface area (Å²) < 4.78 is 13.3. The molecule has 0 amide bonds. The first-order chi connectivity index (χ1) is 11.6. The fraction of sp³-hybridized carbons (Fsp3) is 0.444. The quantitative estimate of drug-likeness (QED) is 0.879. The third-order valence-corrected chi connectivity index (χ3v) is 4.53. The molecule has 1 saturated heterocycles. The first-order valence-electron chi connectivity index (χ1n) is 8.27. The fourth-order valence-corrected chi connectivity index (χ4v) is 3.22. The minimum Gasteiger partial charge on any atom is -0.391 e. The SMILES string of the molecule is CNc1ncc(CN2CC[C@H](Cc3cccc(F)c3)[C@H](O)C2)cn1. The van der Waals surface area contributed by atoms with E-state index in [4.69, 9.17) is 0 Å². The van der Waals surface area contributed by atoms with E-state index in [0.29, 0.717) is 18.9 Å². The van der Waals surface area contributed by atoms with Crippen molar-refractivity contribution in [2.24, 2.45) is 5.92 Å². The molecule has 24 heavy (non-hydrogen) atoms. The minimum absolute atomic E-state index is 0.172. The van der Waals surface area contributed by atoms with Gasteiger partial charge in [-0.15, -0.1) is 0 Å². The van der Waals surface area contributed by atoms with Crippen LogP contribution in [0.3, 0.4) is 0 Å². The summed E-state index contributed by atoms with van der Waals surface area (Å²) in [5, 5.41) is 13.3. The van der Waals surface area contributed by atoms with Crippen molar-refractivity contribution in [3.8, 4) is 0 Å². The van der Waals surface area contributed by atoms with Crippen LogP contribution in [0.4, 0.5) is 10.3 Å². The molecule has 0 radical (unpaired) electrons. The highest BCUT2D eigenvalue weighted by molar-refractivity contribution is 5.23. The maximum Gasteiger partial charge on any atom is 0.222 e. The Morgan fingerprint density at radius 2 is 2.08 bits per heavy atom. The van der Waals surface area contributed by atoms with Crippen LogP contribution in [0.1, 0.15) is 17.5 Å². The molecule has 0 bridgehead atoms. The van der Waals surface area contributed by atoms with Crippen LogP contribution in [0.15, 0.2) is 36.7 Å². The summed E-state index contributed by atoms with van der Waals surface area (Å²) in [5.74, 6) is 0.558. The predicted octanol–water partition coefficient (Wildman–Crippen LogP) is 2.08. The van der Waals surface area contributed by atoms with Gasteiger partial charge in [0, 0.05) is 38.1 Å². The number of likely N-dealkylation sites (tertiary alicyclic amines) is 1. The Kier molecular flexibility index (Phi) is 5.37. The second kappa shape index (κ2) is 7.68. The van der Waals surface area contributed by atoms with Gasteiger partial charge in [-0.05, 0) is 43.0 Å². The second-order valence-electron chi connectivity index (χ2n) is 6.35. The molecule has 5 nitrogen and oxygen atoms in total. The third kappa shape index (κ3) is 4.27. The Morgan fingerprint density at radius 1 is 1.29 bits per heavy atom. The van der Waals surface area contributed by atoms with Crippen molar-refractivity contribution in [3.05, 3.63) is 53.6 Å². The van der Waals surface area contributed by atoms with Gasteiger partial charge in [0.05, 0.1) is 6.10 Å². The molecule has 6 heteroatoms. The largest absolute Gasteiger partial charge is 0.391 e. The maximum atomic E-state index is 13.3. The molecule has 1 fully saturated rings. The Bertz CT molecular complexity index is 664. The summed E-state index contributed by atoms with van der Waals surface area (Å²) in [5.41, 5.74) is 1.98. The molecule has 2 aromatic rings. The fourth-order valence-electron chi connectivity index (χ4n) is 3.22. The number of aliphatic hydroxyl groups is 1. The van der Waals surface area contributed by atoms with Crippen molar-refractivity contribution >= 4 is 5.95 Å². The number of aromatic nitrogens is 2. The smallest absolute Gasteiger partial charge is 0.222 e. The molecule has 1 aliphatic heterocycles. The molecule has 2 heterocycles. The van der Waals surface area contributed by atoms with Crippen molar-refractivity contribution in [1.82, 2.24) is 14.9 Å². The van der Waals surface area contributed by atoms with Gasteiger partial charge in [0.25, 0.3) is 0 Å². The summed E-state index contributed by atoms with van der Waals surface area (Å²) in [6.07, 6.45) is 4.83.